The van der Waals surface area contributed by atoms with Crippen LogP contribution in [0.1, 0.15) is 35.8 Å². The minimum absolute atomic E-state index is 0.113. The number of hydrogen-bond acceptors (Lipinski definition) is 3. The molecule has 0 aliphatic rings. The number of thiocarbonyl (C=S) groups is 1. The molecule has 0 aliphatic heterocycles. The van der Waals surface area contributed by atoms with Gasteiger partial charge in [-0.2, -0.15) is 0 Å². The highest BCUT2D eigenvalue weighted by molar-refractivity contribution is 7.80. The topological polar surface area (TPSA) is 50.4 Å². The molecule has 2 aromatic carbocycles. The first-order valence-corrected chi connectivity index (χ1v) is 8.49. The van der Waals surface area contributed by atoms with Crippen molar-refractivity contribution in [3.63, 3.8) is 0 Å². The molecule has 0 bridgehead atoms. The van der Waals surface area contributed by atoms with E-state index in [1.165, 1.54) is 12.1 Å². The maximum Gasteiger partial charge on any atom is 0.339 e. The van der Waals surface area contributed by atoms with Crippen molar-refractivity contribution in [3.05, 3.63) is 64.4 Å². The summed E-state index contributed by atoms with van der Waals surface area (Å²) in [5, 5.41) is 6.78. The highest BCUT2D eigenvalue weighted by atomic mass is 35.5. The van der Waals surface area contributed by atoms with E-state index in [1.54, 1.807) is 37.3 Å². The monoisotopic (exact) mass is 380 g/mol. The molecule has 0 fully saturated rings. The Morgan fingerprint density at radius 1 is 1.28 bits per heavy atom. The predicted octanol–water partition coefficient (Wildman–Crippen LogP) is 4.70. The average molecular weight is 381 g/mol. The van der Waals surface area contributed by atoms with Crippen molar-refractivity contribution in [2.45, 2.75) is 19.9 Å². The van der Waals surface area contributed by atoms with E-state index in [0.29, 0.717) is 15.8 Å². The van der Waals surface area contributed by atoms with E-state index in [0.717, 1.165) is 5.56 Å². The van der Waals surface area contributed by atoms with Crippen LogP contribution in [0.15, 0.2) is 42.5 Å². The molecule has 25 heavy (non-hydrogen) atoms. The Balaban J connectivity index is 2.03. The summed E-state index contributed by atoms with van der Waals surface area (Å²) in [6, 6.07) is 11.0. The molecule has 2 rings (SSSR count). The van der Waals surface area contributed by atoms with E-state index in [2.05, 4.69) is 10.6 Å². The van der Waals surface area contributed by atoms with Gasteiger partial charge in [0.25, 0.3) is 0 Å². The van der Waals surface area contributed by atoms with E-state index < -0.39 is 5.97 Å². The first kappa shape index (κ1) is 19.1. The third-order valence-electron chi connectivity index (χ3n) is 3.44. The van der Waals surface area contributed by atoms with Crippen LogP contribution in [0, 0.1) is 5.82 Å². The van der Waals surface area contributed by atoms with E-state index >= 15 is 0 Å². The molecule has 0 saturated carbocycles. The first-order valence-electron chi connectivity index (χ1n) is 7.70. The Kier molecular flexibility index (Phi) is 6.73. The van der Waals surface area contributed by atoms with E-state index in [9.17, 15) is 9.18 Å². The summed E-state index contributed by atoms with van der Waals surface area (Å²) in [7, 11) is 0. The molecule has 4 nitrogen and oxygen atoms in total. The van der Waals surface area contributed by atoms with E-state index in [4.69, 9.17) is 28.6 Å². The highest BCUT2D eigenvalue weighted by Crippen LogP contribution is 2.22. The molecular formula is C18H18ClFN2O2S. The Morgan fingerprint density at radius 3 is 2.60 bits per heavy atom. The van der Waals surface area contributed by atoms with Crippen molar-refractivity contribution in [3.8, 4) is 0 Å². The Bertz CT molecular complexity index is 768. The molecule has 2 N–H and O–H groups in total. The summed E-state index contributed by atoms with van der Waals surface area (Å²) in [6.07, 6.45) is 0. The third-order valence-corrected chi connectivity index (χ3v) is 3.99. The van der Waals surface area contributed by atoms with Crippen LogP contribution in [0.4, 0.5) is 10.1 Å². The Morgan fingerprint density at radius 2 is 1.96 bits per heavy atom. The average Bonchev–Trinajstić information content (AvgIpc) is 2.57. The number of carbonyl (C=O) groups is 1. The van der Waals surface area contributed by atoms with Crippen LogP contribution in [0.5, 0.6) is 0 Å². The lowest BCUT2D eigenvalue weighted by Gasteiger charge is -2.18. The molecule has 0 aromatic heterocycles. The minimum atomic E-state index is -0.491. The summed E-state index contributed by atoms with van der Waals surface area (Å²) in [4.78, 5) is 11.9. The van der Waals surface area contributed by atoms with Gasteiger partial charge in [0.15, 0.2) is 5.11 Å². The van der Waals surface area contributed by atoms with Crippen molar-refractivity contribution >= 4 is 40.6 Å². The smallest absolute Gasteiger partial charge is 0.339 e. The molecule has 0 amide bonds. The second-order valence-corrected chi connectivity index (χ2v) is 6.10. The van der Waals surface area contributed by atoms with Crippen LogP contribution in [0.25, 0.3) is 0 Å². The van der Waals surface area contributed by atoms with Gasteiger partial charge in [-0.15, -0.1) is 0 Å². The molecule has 0 heterocycles. The van der Waals surface area contributed by atoms with Gasteiger partial charge >= 0.3 is 5.97 Å². The summed E-state index contributed by atoms with van der Waals surface area (Å²) >= 11 is 11.3. The summed E-state index contributed by atoms with van der Waals surface area (Å²) < 4.78 is 18.0. The first-order chi connectivity index (χ1) is 11.9. The number of benzene rings is 2. The lowest BCUT2D eigenvalue weighted by molar-refractivity contribution is 0.0526. The second kappa shape index (κ2) is 8.78. The number of rotatable bonds is 5. The largest absolute Gasteiger partial charge is 0.462 e. The van der Waals surface area contributed by atoms with Crippen molar-refractivity contribution in [2.24, 2.45) is 0 Å². The van der Waals surface area contributed by atoms with Crippen LogP contribution in [-0.2, 0) is 4.74 Å². The fraction of sp³-hybridized carbons (Fsp3) is 0.222. The lowest BCUT2D eigenvalue weighted by atomic mass is 10.1. The molecule has 0 radical (unpaired) electrons. The zero-order valence-corrected chi connectivity index (χ0v) is 15.4. The molecule has 132 valence electrons. The summed E-state index contributed by atoms with van der Waals surface area (Å²) in [5.74, 6) is -0.779. The number of carbonyl (C=O) groups excluding carboxylic acids is 1. The van der Waals surface area contributed by atoms with Crippen molar-refractivity contribution in [1.29, 1.82) is 0 Å². The fourth-order valence-corrected chi connectivity index (χ4v) is 2.66. The number of anilines is 1. The van der Waals surface area contributed by atoms with Crippen molar-refractivity contribution in [1.82, 2.24) is 5.32 Å². The van der Waals surface area contributed by atoms with Gasteiger partial charge in [0.2, 0.25) is 0 Å². The van der Waals surface area contributed by atoms with Crippen molar-refractivity contribution in [2.75, 3.05) is 11.9 Å². The number of ether oxygens (including phenoxy) is 1. The second-order valence-electron chi connectivity index (χ2n) is 5.29. The fourth-order valence-electron chi connectivity index (χ4n) is 2.17. The number of halogens is 2. The van der Waals surface area contributed by atoms with Crippen molar-refractivity contribution < 1.29 is 13.9 Å². The predicted molar refractivity (Wildman–Crippen MR) is 102 cm³/mol. The minimum Gasteiger partial charge on any atom is -0.462 e. The van der Waals surface area contributed by atoms with Gasteiger partial charge in [-0.05, 0) is 62.0 Å². The number of nitrogens with one attached hydrogen (secondary N) is 2. The maximum absolute atomic E-state index is 13.0. The SMILES string of the molecule is CCOC(=O)c1cc(NC(=S)N[C@H](C)c2ccc(F)cc2)ccc1Cl. The molecule has 7 heteroatoms. The van der Waals surface area contributed by atoms with Gasteiger partial charge < -0.3 is 15.4 Å². The van der Waals surface area contributed by atoms with Crippen LogP contribution in [-0.4, -0.2) is 17.7 Å². The molecule has 1 atom stereocenters. The molecule has 0 spiro atoms. The normalized spacial score (nSPS) is 11.5. The van der Waals surface area contributed by atoms with Crippen LogP contribution in [0.2, 0.25) is 5.02 Å². The Labute approximate surface area is 156 Å². The van der Waals surface area contributed by atoms with Gasteiger partial charge in [-0.3, -0.25) is 0 Å². The molecule has 0 saturated heterocycles. The maximum atomic E-state index is 13.0. The molecule has 0 unspecified atom stereocenters. The zero-order chi connectivity index (χ0) is 18.4. The standard InChI is InChI=1S/C18H18ClFN2O2S/c1-3-24-17(23)15-10-14(8-9-16(15)19)22-18(25)21-11(2)12-4-6-13(20)7-5-12/h4-11H,3H2,1-2H3,(H2,21,22,25)/t11-/m1/s1. The van der Waals surface area contributed by atoms with Crippen LogP contribution < -0.4 is 10.6 Å². The zero-order valence-electron chi connectivity index (χ0n) is 13.8. The molecule has 0 aliphatic carbocycles. The van der Waals surface area contributed by atoms with Crippen LogP contribution >= 0.6 is 23.8 Å². The quantitative estimate of drug-likeness (QED) is 0.581. The van der Waals surface area contributed by atoms with Crippen LogP contribution in [0.3, 0.4) is 0 Å². The Hall–Kier alpha value is -2.18. The summed E-state index contributed by atoms with van der Waals surface area (Å²) in [5.41, 5.74) is 1.77. The number of esters is 1. The van der Waals surface area contributed by atoms with E-state index in [-0.39, 0.29) is 24.0 Å². The van der Waals surface area contributed by atoms with Gasteiger partial charge in [-0.1, -0.05) is 23.7 Å². The molecular weight excluding hydrogens is 363 g/mol. The van der Waals surface area contributed by atoms with Gasteiger partial charge in [-0.25, -0.2) is 9.18 Å². The van der Waals surface area contributed by atoms with Gasteiger partial charge in [0.05, 0.1) is 23.2 Å². The van der Waals surface area contributed by atoms with E-state index in [1.807, 2.05) is 6.92 Å². The number of hydrogen-bond donors (Lipinski definition) is 2. The van der Waals surface area contributed by atoms with Gasteiger partial charge in [0.1, 0.15) is 5.82 Å². The summed E-state index contributed by atoms with van der Waals surface area (Å²) in [6.45, 7) is 3.90. The highest BCUT2D eigenvalue weighted by Gasteiger charge is 2.13. The third kappa shape index (κ3) is 5.41. The molecule has 2 aromatic rings. The van der Waals surface area contributed by atoms with Gasteiger partial charge in [0, 0.05) is 5.69 Å². The lowest BCUT2D eigenvalue weighted by Crippen LogP contribution is -2.31.